The van der Waals surface area contributed by atoms with Crippen LogP contribution >= 0.6 is 11.3 Å². The second kappa shape index (κ2) is 4.90. The number of allylic oxidation sites excluding steroid dienone is 1. The van der Waals surface area contributed by atoms with Crippen molar-refractivity contribution >= 4 is 23.2 Å². The van der Waals surface area contributed by atoms with E-state index in [4.69, 9.17) is 0 Å². The summed E-state index contributed by atoms with van der Waals surface area (Å²) in [7, 11) is 0. The molecule has 0 saturated heterocycles. The Bertz CT molecular complexity index is 495. The van der Waals surface area contributed by atoms with Gasteiger partial charge in [-0.25, -0.2) is 0 Å². The van der Waals surface area contributed by atoms with Gasteiger partial charge >= 0.3 is 0 Å². The van der Waals surface area contributed by atoms with Gasteiger partial charge < -0.3 is 0 Å². The zero-order chi connectivity index (χ0) is 11.4. The summed E-state index contributed by atoms with van der Waals surface area (Å²) in [6.45, 7) is 1.86. The van der Waals surface area contributed by atoms with E-state index in [1.54, 1.807) is 11.3 Å². The van der Waals surface area contributed by atoms with E-state index in [0.29, 0.717) is 0 Å². The third-order valence-electron chi connectivity index (χ3n) is 2.30. The third-order valence-corrected chi connectivity index (χ3v) is 3.12. The van der Waals surface area contributed by atoms with E-state index in [2.05, 4.69) is 0 Å². The maximum Gasteiger partial charge on any atom is 0.188 e. The van der Waals surface area contributed by atoms with Crippen LogP contribution in [0.3, 0.4) is 0 Å². The number of carbonyl (C=O) groups is 1. The van der Waals surface area contributed by atoms with Crippen LogP contribution in [0.1, 0.15) is 22.2 Å². The van der Waals surface area contributed by atoms with Gasteiger partial charge in [0.1, 0.15) is 0 Å². The average molecular weight is 228 g/mol. The highest BCUT2D eigenvalue weighted by Gasteiger charge is 2.06. The molecule has 1 nitrogen and oxygen atoms in total. The largest absolute Gasteiger partial charge is 0.289 e. The molecule has 80 valence electrons. The molecule has 0 aliphatic rings. The summed E-state index contributed by atoms with van der Waals surface area (Å²) >= 11 is 1.64. The Labute approximate surface area is 99.1 Å². The maximum atomic E-state index is 12.0. The molecule has 0 spiro atoms. The van der Waals surface area contributed by atoms with Crippen LogP contribution in [0.25, 0.3) is 6.08 Å². The first-order valence-electron chi connectivity index (χ1n) is 5.09. The third kappa shape index (κ3) is 2.47. The lowest BCUT2D eigenvalue weighted by atomic mass is 10.0. The normalized spacial score (nSPS) is 11.4. The Morgan fingerprint density at radius 1 is 1.12 bits per heavy atom. The zero-order valence-electron chi connectivity index (χ0n) is 9.01. The highest BCUT2D eigenvalue weighted by molar-refractivity contribution is 7.10. The van der Waals surface area contributed by atoms with Gasteiger partial charge in [-0.3, -0.25) is 4.79 Å². The molecule has 0 bridgehead atoms. The van der Waals surface area contributed by atoms with Crippen molar-refractivity contribution in [2.45, 2.75) is 6.92 Å². The van der Waals surface area contributed by atoms with Crippen LogP contribution < -0.4 is 0 Å². The van der Waals surface area contributed by atoms with Crippen molar-refractivity contribution in [1.82, 2.24) is 0 Å². The molecule has 0 fully saturated rings. The van der Waals surface area contributed by atoms with E-state index in [0.717, 1.165) is 16.0 Å². The summed E-state index contributed by atoms with van der Waals surface area (Å²) in [6.07, 6.45) is 1.93. The number of hydrogen-bond acceptors (Lipinski definition) is 2. The van der Waals surface area contributed by atoms with Crippen molar-refractivity contribution in [2.24, 2.45) is 0 Å². The predicted octanol–water partition coefficient (Wildman–Crippen LogP) is 4.03. The molecule has 2 rings (SSSR count). The number of ketones is 1. The van der Waals surface area contributed by atoms with Gasteiger partial charge in [0, 0.05) is 10.4 Å². The van der Waals surface area contributed by atoms with Crippen LogP contribution in [0, 0.1) is 0 Å². The van der Waals surface area contributed by atoms with Gasteiger partial charge in [0.15, 0.2) is 5.78 Å². The van der Waals surface area contributed by atoms with Gasteiger partial charge in [-0.2, -0.15) is 0 Å². The van der Waals surface area contributed by atoms with Crippen LogP contribution in [0.4, 0.5) is 0 Å². The van der Waals surface area contributed by atoms with Gasteiger partial charge in [0.05, 0.1) is 0 Å². The van der Waals surface area contributed by atoms with E-state index >= 15 is 0 Å². The number of thiophene rings is 1. The average Bonchev–Trinajstić information content (AvgIpc) is 2.82. The van der Waals surface area contributed by atoms with Crippen LogP contribution in [0.5, 0.6) is 0 Å². The Kier molecular flexibility index (Phi) is 3.32. The summed E-state index contributed by atoms with van der Waals surface area (Å²) in [6, 6.07) is 13.3. The Hall–Kier alpha value is -1.67. The number of rotatable bonds is 3. The van der Waals surface area contributed by atoms with Crippen LogP contribution in [-0.2, 0) is 0 Å². The summed E-state index contributed by atoms with van der Waals surface area (Å²) in [4.78, 5) is 13.1. The van der Waals surface area contributed by atoms with Gasteiger partial charge in [-0.1, -0.05) is 36.4 Å². The van der Waals surface area contributed by atoms with Crippen molar-refractivity contribution in [3.8, 4) is 0 Å². The molecule has 0 radical (unpaired) electrons. The molecule has 0 aliphatic heterocycles. The Balaban J connectivity index is 2.23. The summed E-state index contributed by atoms with van der Waals surface area (Å²) in [5.74, 6) is 0.0917. The second-order valence-electron chi connectivity index (χ2n) is 3.54. The lowest BCUT2D eigenvalue weighted by Crippen LogP contribution is -1.99. The maximum absolute atomic E-state index is 12.0. The van der Waals surface area contributed by atoms with E-state index < -0.39 is 0 Å². The fourth-order valence-electron chi connectivity index (χ4n) is 1.47. The topological polar surface area (TPSA) is 17.1 Å². The van der Waals surface area contributed by atoms with E-state index in [1.807, 2.05) is 60.8 Å². The molecule has 1 aromatic heterocycles. The summed E-state index contributed by atoms with van der Waals surface area (Å²) in [5.41, 5.74) is 1.52. The van der Waals surface area contributed by atoms with Crippen molar-refractivity contribution < 1.29 is 4.79 Å². The summed E-state index contributed by atoms with van der Waals surface area (Å²) < 4.78 is 0. The molecule has 1 heterocycles. The molecule has 0 amide bonds. The van der Waals surface area contributed by atoms with Crippen molar-refractivity contribution in [2.75, 3.05) is 0 Å². The van der Waals surface area contributed by atoms with Gasteiger partial charge in [-0.05, 0) is 30.0 Å². The molecular weight excluding hydrogens is 216 g/mol. The standard InChI is InChI=1S/C14H12OS/c1-11(10-13-8-5-9-16-13)14(15)12-6-3-2-4-7-12/h2-10H,1H3. The van der Waals surface area contributed by atoms with E-state index in [9.17, 15) is 4.79 Å². The number of benzene rings is 1. The molecule has 0 aliphatic carbocycles. The highest BCUT2D eigenvalue weighted by atomic mass is 32.1. The fourth-order valence-corrected chi connectivity index (χ4v) is 2.19. The molecule has 0 unspecified atom stereocenters. The number of hydrogen-bond donors (Lipinski definition) is 0. The predicted molar refractivity (Wildman–Crippen MR) is 68.7 cm³/mol. The van der Waals surface area contributed by atoms with Gasteiger partial charge in [0.25, 0.3) is 0 Å². The van der Waals surface area contributed by atoms with Gasteiger partial charge in [0.2, 0.25) is 0 Å². The first kappa shape index (κ1) is 10.8. The first-order valence-corrected chi connectivity index (χ1v) is 5.97. The molecule has 2 heteroatoms. The van der Waals surface area contributed by atoms with Crippen LogP contribution in [0.2, 0.25) is 0 Å². The Morgan fingerprint density at radius 3 is 2.50 bits per heavy atom. The number of carbonyl (C=O) groups excluding carboxylic acids is 1. The lowest BCUT2D eigenvalue weighted by Gasteiger charge is -1.99. The van der Waals surface area contributed by atoms with E-state index in [1.165, 1.54) is 0 Å². The van der Waals surface area contributed by atoms with Gasteiger partial charge in [-0.15, -0.1) is 11.3 Å². The SMILES string of the molecule is CC(=Cc1cccs1)C(=O)c1ccccc1. The molecule has 1 aromatic carbocycles. The monoisotopic (exact) mass is 228 g/mol. The molecule has 0 N–H and O–H groups in total. The zero-order valence-corrected chi connectivity index (χ0v) is 9.83. The second-order valence-corrected chi connectivity index (χ2v) is 4.52. The van der Waals surface area contributed by atoms with Crippen molar-refractivity contribution in [3.63, 3.8) is 0 Å². The molecule has 0 atom stereocenters. The fraction of sp³-hybridized carbons (Fsp3) is 0.0714. The van der Waals surface area contributed by atoms with Crippen LogP contribution in [0.15, 0.2) is 53.4 Å². The minimum atomic E-state index is 0.0917. The molecule has 0 saturated carbocycles. The quantitative estimate of drug-likeness (QED) is 0.572. The smallest absolute Gasteiger partial charge is 0.188 e. The first-order chi connectivity index (χ1) is 7.77. The Morgan fingerprint density at radius 2 is 1.88 bits per heavy atom. The highest BCUT2D eigenvalue weighted by Crippen LogP contribution is 2.16. The minimum Gasteiger partial charge on any atom is -0.289 e. The van der Waals surface area contributed by atoms with Crippen molar-refractivity contribution in [3.05, 3.63) is 63.9 Å². The lowest BCUT2D eigenvalue weighted by molar-refractivity contribution is 0.103. The number of Topliss-reactive ketones (excluding diaryl/α,β-unsaturated/α-hetero) is 1. The molecule has 16 heavy (non-hydrogen) atoms. The minimum absolute atomic E-state index is 0.0917. The van der Waals surface area contributed by atoms with Crippen molar-refractivity contribution in [1.29, 1.82) is 0 Å². The van der Waals surface area contributed by atoms with E-state index in [-0.39, 0.29) is 5.78 Å². The molecule has 2 aromatic rings. The summed E-state index contributed by atoms with van der Waals surface area (Å²) in [5, 5.41) is 2.01. The van der Waals surface area contributed by atoms with Crippen LogP contribution in [-0.4, -0.2) is 5.78 Å². The molecular formula is C14H12OS.